The third kappa shape index (κ3) is 2.25. The Morgan fingerprint density at radius 3 is 2.68 bits per heavy atom. The van der Waals surface area contributed by atoms with E-state index in [1.807, 2.05) is 18.2 Å². The Hall–Kier alpha value is -2.83. The fraction of sp³-hybridized carbons (Fsp3) is 0.0833. The number of aromatic nitrogens is 4. The molecule has 4 N–H and O–H groups in total. The molecule has 0 unspecified atom stereocenters. The first-order valence-corrected chi connectivity index (χ1v) is 5.73. The van der Waals surface area contributed by atoms with Crippen molar-refractivity contribution >= 4 is 28.4 Å². The molecule has 3 aromatic rings. The van der Waals surface area contributed by atoms with Crippen molar-refractivity contribution in [3.05, 3.63) is 41.1 Å². The van der Waals surface area contributed by atoms with Gasteiger partial charge >= 0.3 is 5.69 Å². The predicted molar refractivity (Wildman–Crippen MR) is 73.8 cm³/mol. The Kier molecular flexibility index (Phi) is 2.64. The highest BCUT2D eigenvalue weighted by Gasteiger charge is 2.02. The number of H-pyrrole nitrogens is 2. The molecule has 3 rings (SSSR count). The zero-order valence-electron chi connectivity index (χ0n) is 10.2. The minimum Gasteiger partial charge on any atom is -0.373 e. The van der Waals surface area contributed by atoms with Crippen LogP contribution < -0.4 is 16.3 Å². The monoisotopic (exact) mass is 256 g/mol. The van der Waals surface area contributed by atoms with Gasteiger partial charge in [-0.3, -0.25) is 0 Å². The van der Waals surface area contributed by atoms with Gasteiger partial charge in [-0.2, -0.15) is 0 Å². The summed E-state index contributed by atoms with van der Waals surface area (Å²) < 4.78 is 0. The van der Waals surface area contributed by atoms with Crippen LogP contribution in [0.4, 0.5) is 17.3 Å². The Balaban J connectivity index is 1.93. The van der Waals surface area contributed by atoms with Crippen LogP contribution in [0.15, 0.2) is 35.4 Å². The number of nitrogens with one attached hydrogen (secondary N) is 4. The Morgan fingerprint density at radius 2 is 1.84 bits per heavy atom. The number of anilines is 3. The van der Waals surface area contributed by atoms with Crippen LogP contribution in [0.2, 0.25) is 0 Å². The number of imidazole rings is 1. The number of benzene rings is 1. The molecule has 0 aliphatic heterocycles. The Morgan fingerprint density at radius 1 is 1.05 bits per heavy atom. The minimum absolute atomic E-state index is 0.216. The molecule has 0 aliphatic rings. The van der Waals surface area contributed by atoms with Crippen LogP contribution in [0.1, 0.15) is 0 Å². The van der Waals surface area contributed by atoms with E-state index < -0.39 is 0 Å². The fourth-order valence-electron chi connectivity index (χ4n) is 1.82. The average molecular weight is 256 g/mol. The first kappa shape index (κ1) is 11.3. The molecule has 0 atom stereocenters. The van der Waals surface area contributed by atoms with E-state index in [0.717, 1.165) is 22.5 Å². The molecule has 1 aromatic carbocycles. The topological polar surface area (TPSA) is 98.5 Å². The second-order valence-electron chi connectivity index (χ2n) is 4.00. The van der Waals surface area contributed by atoms with Crippen molar-refractivity contribution < 1.29 is 0 Å². The third-order valence-electron chi connectivity index (χ3n) is 2.71. The maximum atomic E-state index is 11.2. The molecule has 0 bridgehead atoms. The van der Waals surface area contributed by atoms with E-state index in [9.17, 15) is 4.79 Å². The van der Waals surface area contributed by atoms with Gasteiger partial charge in [-0.15, -0.1) is 0 Å². The molecule has 19 heavy (non-hydrogen) atoms. The third-order valence-corrected chi connectivity index (χ3v) is 2.71. The second-order valence-corrected chi connectivity index (χ2v) is 4.00. The van der Waals surface area contributed by atoms with Gasteiger partial charge in [0.2, 0.25) is 0 Å². The number of rotatable bonds is 3. The van der Waals surface area contributed by atoms with Gasteiger partial charge in [0.15, 0.2) is 0 Å². The Bertz CT molecular complexity index is 775. The lowest BCUT2D eigenvalue weighted by Gasteiger charge is -2.06. The van der Waals surface area contributed by atoms with Crippen molar-refractivity contribution in [2.45, 2.75) is 0 Å². The number of fused-ring (bicyclic) bond motifs is 1. The van der Waals surface area contributed by atoms with E-state index >= 15 is 0 Å². The highest BCUT2D eigenvalue weighted by Crippen LogP contribution is 2.19. The Labute approximate surface area is 108 Å². The summed E-state index contributed by atoms with van der Waals surface area (Å²) in [5.74, 6) is 1.41. The van der Waals surface area contributed by atoms with Crippen molar-refractivity contribution in [1.82, 2.24) is 19.9 Å². The molecule has 96 valence electrons. The van der Waals surface area contributed by atoms with E-state index in [1.54, 1.807) is 13.1 Å². The second kappa shape index (κ2) is 4.45. The molecule has 0 radical (unpaired) electrons. The predicted octanol–water partition coefficient (Wildman–Crippen LogP) is 1.43. The number of hydrogen-bond acceptors (Lipinski definition) is 5. The van der Waals surface area contributed by atoms with Gasteiger partial charge in [-0.05, 0) is 18.2 Å². The number of hydrogen-bond donors (Lipinski definition) is 4. The molecule has 0 saturated heterocycles. The van der Waals surface area contributed by atoms with Crippen LogP contribution in [0.5, 0.6) is 0 Å². The summed E-state index contributed by atoms with van der Waals surface area (Å²) >= 11 is 0. The van der Waals surface area contributed by atoms with Gasteiger partial charge in [0.05, 0.1) is 11.0 Å². The standard InChI is InChI=1S/C12H12N6O/c1-13-10-5-11(15-6-14-10)16-7-2-3-8-9(4-7)18-12(19)17-8/h2-6H,1H3,(H2,17,18,19)(H2,13,14,15,16). The van der Waals surface area contributed by atoms with Gasteiger partial charge in [-0.1, -0.05) is 0 Å². The van der Waals surface area contributed by atoms with E-state index in [0.29, 0.717) is 5.82 Å². The van der Waals surface area contributed by atoms with Crippen molar-refractivity contribution in [2.24, 2.45) is 0 Å². The van der Waals surface area contributed by atoms with Crippen molar-refractivity contribution in [3.63, 3.8) is 0 Å². The zero-order valence-corrected chi connectivity index (χ0v) is 10.2. The highest BCUT2D eigenvalue weighted by atomic mass is 16.1. The molecule has 0 amide bonds. The van der Waals surface area contributed by atoms with E-state index in [1.165, 1.54) is 6.33 Å². The first-order chi connectivity index (χ1) is 9.24. The largest absolute Gasteiger partial charge is 0.373 e. The van der Waals surface area contributed by atoms with E-state index in [4.69, 9.17) is 0 Å². The van der Waals surface area contributed by atoms with Crippen LogP contribution in [0.3, 0.4) is 0 Å². The number of aromatic amines is 2. The summed E-state index contributed by atoms with van der Waals surface area (Å²) in [6, 6.07) is 7.33. The van der Waals surface area contributed by atoms with Crippen LogP contribution >= 0.6 is 0 Å². The SMILES string of the molecule is CNc1cc(Nc2ccc3[nH]c(=O)[nH]c3c2)ncn1. The molecule has 7 heteroatoms. The summed E-state index contributed by atoms with van der Waals surface area (Å²) in [4.78, 5) is 24.7. The molecule has 0 saturated carbocycles. The summed E-state index contributed by atoms with van der Waals surface area (Å²) in [5, 5.41) is 6.10. The number of nitrogens with zero attached hydrogens (tertiary/aromatic N) is 2. The zero-order chi connectivity index (χ0) is 13.2. The highest BCUT2D eigenvalue weighted by molar-refractivity contribution is 5.79. The van der Waals surface area contributed by atoms with Gasteiger partial charge in [0.1, 0.15) is 18.0 Å². The van der Waals surface area contributed by atoms with Crippen LogP contribution in [-0.4, -0.2) is 27.0 Å². The lowest BCUT2D eigenvalue weighted by molar-refractivity contribution is 1.16. The van der Waals surface area contributed by atoms with Crippen LogP contribution in [0, 0.1) is 0 Å². The quantitative estimate of drug-likeness (QED) is 0.568. The van der Waals surface area contributed by atoms with E-state index in [2.05, 4.69) is 30.6 Å². The van der Waals surface area contributed by atoms with Crippen molar-refractivity contribution in [3.8, 4) is 0 Å². The van der Waals surface area contributed by atoms with Crippen molar-refractivity contribution in [2.75, 3.05) is 17.7 Å². The van der Waals surface area contributed by atoms with Gasteiger partial charge in [-0.25, -0.2) is 14.8 Å². The lowest BCUT2D eigenvalue weighted by atomic mass is 10.3. The summed E-state index contributed by atoms with van der Waals surface area (Å²) in [6.07, 6.45) is 1.48. The summed E-state index contributed by atoms with van der Waals surface area (Å²) in [5.41, 5.74) is 2.14. The summed E-state index contributed by atoms with van der Waals surface area (Å²) in [6.45, 7) is 0. The summed E-state index contributed by atoms with van der Waals surface area (Å²) in [7, 11) is 1.79. The molecule has 0 spiro atoms. The molecule has 0 aliphatic carbocycles. The minimum atomic E-state index is -0.216. The smallest absolute Gasteiger partial charge is 0.323 e. The van der Waals surface area contributed by atoms with Gasteiger partial charge in [0, 0.05) is 18.8 Å². The maximum absolute atomic E-state index is 11.2. The van der Waals surface area contributed by atoms with Crippen LogP contribution in [-0.2, 0) is 0 Å². The lowest BCUT2D eigenvalue weighted by Crippen LogP contribution is -1.99. The van der Waals surface area contributed by atoms with Crippen molar-refractivity contribution in [1.29, 1.82) is 0 Å². The fourth-order valence-corrected chi connectivity index (χ4v) is 1.82. The maximum Gasteiger partial charge on any atom is 0.323 e. The van der Waals surface area contributed by atoms with Gasteiger partial charge < -0.3 is 20.6 Å². The van der Waals surface area contributed by atoms with Crippen LogP contribution in [0.25, 0.3) is 11.0 Å². The molecular weight excluding hydrogens is 244 g/mol. The molecule has 7 nitrogen and oxygen atoms in total. The average Bonchev–Trinajstić information content (AvgIpc) is 2.78. The normalized spacial score (nSPS) is 10.6. The molecule has 0 fully saturated rings. The molecule has 2 heterocycles. The van der Waals surface area contributed by atoms with Gasteiger partial charge in [0.25, 0.3) is 0 Å². The molecular formula is C12H12N6O. The first-order valence-electron chi connectivity index (χ1n) is 5.73. The molecule has 2 aromatic heterocycles. The van der Waals surface area contributed by atoms with E-state index in [-0.39, 0.29) is 5.69 Å².